The molecule has 0 fully saturated rings. The number of hydrogen-bond acceptors (Lipinski definition) is 5. The molecule has 0 spiro atoms. The van der Waals surface area contributed by atoms with Crippen LogP contribution in [0, 0.1) is 0 Å². The SMILES string of the molecule is CN(C)c1cccc(C(=O)NN=Cc2ccc(N(C)CCO)cc2)c1. The Balaban J connectivity index is 1.96. The number of amides is 1. The Bertz CT molecular complexity index is 726. The fourth-order valence-electron chi connectivity index (χ4n) is 2.25. The number of carbonyl (C=O) groups is 1. The smallest absolute Gasteiger partial charge is 0.271 e. The summed E-state index contributed by atoms with van der Waals surface area (Å²) in [5.74, 6) is -0.251. The third-order valence-corrected chi connectivity index (χ3v) is 3.77. The number of aliphatic hydroxyl groups excluding tert-OH is 1. The number of hydrogen-bond donors (Lipinski definition) is 2. The van der Waals surface area contributed by atoms with Crippen molar-refractivity contribution in [3.8, 4) is 0 Å². The van der Waals surface area contributed by atoms with E-state index in [0.29, 0.717) is 12.1 Å². The molecule has 0 saturated carbocycles. The maximum atomic E-state index is 12.2. The molecule has 6 heteroatoms. The highest BCUT2D eigenvalue weighted by Crippen LogP contribution is 2.14. The van der Waals surface area contributed by atoms with E-state index < -0.39 is 0 Å². The number of carbonyl (C=O) groups excluding carboxylic acids is 1. The minimum atomic E-state index is -0.251. The van der Waals surface area contributed by atoms with Gasteiger partial charge < -0.3 is 14.9 Å². The number of rotatable bonds is 7. The molecule has 6 nitrogen and oxygen atoms in total. The van der Waals surface area contributed by atoms with Crippen LogP contribution in [0.4, 0.5) is 11.4 Å². The normalized spacial score (nSPS) is 10.7. The summed E-state index contributed by atoms with van der Waals surface area (Å²) in [5.41, 5.74) is 5.95. The molecule has 0 aliphatic rings. The first kappa shape index (κ1) is 18.5. The van der Waals surface area contributed by atoms with Crippen LogP contribution in [0.2, 0.25) is 0 Å². The molecule has 0 aromatic heterocycles. The van der Waals surface area contributed by atoms with Crippen molar-refractivity contribution in [3.63, 3.8) is 0 Å². The monoisotopic (exact) mass is 340 g/mol. The summed E-state index contributed by atoms with van der Waals surface area (Å²) >= 11 is 0. The number of aliphatic hydroxyl groups is 1. The van der Waals surface area contributed by atoms with E-state index in [1.54, 1.807) is 12.3 Å². The maximum absolute atomic E-state index is 12.2. The van der Waals surface area contributed by atoms with E-state index in [1.165, 1.54) is 0 Å². The van der Waals surface area contributed by atoms with Crippen molar-refractivity contribution >= 4 is 23.5 Å². The van der Waals surface area contributed by atoms with E-state index in [2.05, 4.69) is 10.5 Å². The minimum absolute atomic E-state index is 0.112. The average molecular weight is 340 g/mol. The predicted octanol–water partition coefficient (Wildman–Crippen LogP) is 1.94. The average Bonchev–Trinajstić information content (AvgIpc) is 2.62. The molecule has 2 aromatic rings. The molecule has 2 rings (SSSR count). The zero-order chi connectivity index (χ0) is 18.2. The molecule has 0 aliphatic carbocycles. The van der Waals surface area contributed by atoms with Crippen molar-refractivity contribution in [2.75, 3.05) is 44.1 Å². The van der Waals surface area contributed by atoms with Gasteiger partial charge in [-0.2, -0.15) is 5.10 Å². The van der Waals surface area contributed by atoms with Crippen LogP contribution in [0.3, 0.4) is 0 Å². The van der Waals surface area contributed by atoms with Crippen molar-refractivity contribution < 1.29 is 9.90 Å². The molecule has 0 aliphatic heterocycles. The molecule has 0 radical (unpaired) electrons. The van der Waals surface area contributed by atoms with Crippen LogP contribution in [-0.4, -0.2) is 51.5 Å². The quantitative estimate of drug-likeness (QED) is 0.597. The molecule has 0 atom stereocenters. The second kappa shape index (κ2) is 8.84. The maximum Gasteiger partial charge on any atom is 0.271 e. The van der Waals surface area contributed by atoms with Crippen LogP contribution in [0.1, 0.15) is 15.9 Å². The first-order valence-corrected chi connectivity index (χ1v) is 8.04. The van der Waals surface area contributed by atoms with Gasteiger partial charge in [-0.25, -0.2) is 5.43 Å². The second-order valence-corrected chi connectivity index (χ2v) is 5.88. The third kappa shape index (κ3) is 5.32. The molecule has 2 aromatic carbocycles. The fourth-order valence-corrected chi connectivity index (χ4v) is 2.25. The van der Waals surface area contributed by atoms with Gasteiger partial charge in [0.25, 0.3) is 5.91 Å². The highest BCUT2D eigenvalue weighted by Gasteiger charge is 2.05. The first-order valence-electron chi connectivity index (χ1n) is 8.04. The van der Waals surface area contributed by atoms with Gasteiger partial charge >= 0.3 is 0 Å². The summed E-state index contributed by atoms with van der Waals surface area (Å²) in [6.07, 6.45) is 1.60. The molecular formula is C19H24N4O2. The molecule has 2 N–H and O–H groups in total. The van der Waals surface area contributed by atoms with Gasteiger partial charge in [0.2, 0.25) is 0 Å². The van der Waals surface area contributed by atoms with Crippen molar-refractivity contribution in [1.82, 2.24) is 5.43 Å². The summed E-state index contributed by atoms with van der Waals surface area (Å²) in [6.45, 7) is 0.691. The number of anilines is 2. The van der Waals surface area contributed by atoms with Gasteiger partial charge in [0, 0.05) is 44.6 Å². The van der Waals surface area contributed by atoms with Gasteiger partial charge in [-0.1, -0.05) is 18.2 Å². The fraction of sp³-hybridized carbons (Fsp3) is 0.263. The third-order valence-electron chi connectivity index (χ3n) is 3.77. The van der Waals surface area contributed by atoms with Crippen LogP contribution in [0.25, 0.3) is 0 Å². The van der Waals surface area contributed by atoms with Gasteiger partial charge in [-0.15, -0.1) is 0 Å². The van der Waals surface area contributed by atoms with Crippen LogP contribution >= 0.6 is 0 Å². The molecule has 0 unspecified atom stereocenters. The number of likely N-dealkylation sites (N-methyl/N-ethyl adjacent to an activating group) is 1. The van der Waals surface area contributed by atoms with Crippen molar-refractivity contribution in [3.05, 3.63) is 59.7 Å². The van der Waals surface area contributed by atoms with Gasteiger partial charge in [-0.3, -0.25) is 4.79 Å². The van der Waals surface area contributed by atoms with Gasteiger partial charge in [0.15, 0.2) is 0 Å². The zero-order valence-corrected chi connectivity index (χ0v) is 14.8. The summed E-state index contributed by atoms with van der Waals surface area (Å²) in [5, 5.41) is 13.0. The molecule has 0 saturated heterocycles. The minimum Gasteiger partial charge on any atom is -0.395 e. The first-order chi connectivity index (χ1) is 12.0. The van der Waals surface area contributed by atoms with E-state index in [1.807, 2.05) is 73.4 Å². The van der Waals surface area contributed by atoms with Gasteiger partial charge in [0.05, 0.1) is 12.8 Å². The topological polar surface area (TPSA) is 68.2 Å². The highest BCUT2D eigenvalue weighted by molar-refractivity contribution is 5.95. The standard InChI is InChI=1S/C19H24N4O2/c1-22(2)18-6-4-5-16(13-18)19(25)21-20-14-15-7-9-17(10-8-15)23(3)11-12-24/h4-10,13-14,24H,11-12H2,1-3H3,(H,21,25). The molecule has 0 bridgehead atoms. The van der Waals surface area contributed by atoms with Crippen LogP contribution < -0.4 is 15.2 Å². The van der Waals surface area contributed by atoms with Crippen molar-refractivity contribution in [1.29, 1.82) is 0 Å². The number of nitrogens with zero attached hydrogens (tertiary/aromatic N) is 3. The summed E-state index contributed by atoms with van der Waals surface area (Å²) < 4.78 is 0. The number of hydrazone groups is 1. The Morgan fingerprint density at radius 1 is 1.12 bits per heavy atom. The number of nitrogens with one attached hydrogen (secondary N) is 1. The highest BCUT2D eigenvalue weighted by atomic mass is 16.3. The zero-order valence-electron chi connectivity index (χ0n) is 14.8. The van der Waals surface area contributed by atoms with E-state index in [0.717, 1.165) is 16.9 Å². The Hall–Kier alpha value is -2.86. The van der Waals surface area contributed by atoms with E-state index in [-0.39, 0.29) is 12.5 Å². The van der Waals surface area contributed by atoms with E-state index in [9.17, 15) is 4.79 Å². The molecule has 0 heterocycles. The summed E-state index contributed by atoms with van der Waals surface area (Å²) in [4.78, 5) is 16.0. The molecule has 132 valence electrons. The van der Waals surface area contributed by atoms with Crippen molar-refractivity contribution in [2.45, 2.75) is 0 Å². The largest absolute Gasteiger partial charge is 0.395 e. The second-order valence-electron chi connectivity index (χ2n) is 5.88. The lowest BCUT2D eigenvalue weighted by atomic mass is 10.2. The van der Waals surface area contributed by atoms with Crippen molar-refractivity contribution in [2.24, 2.45) is 5.10 Å². The Morgan fingerprint density at radius 3 is 2.48 bits per heavy atom. The Morgan fingerprint density at radius 2 is 1.84 bits per heavy atom. The molecule has 25 heavy (non-hydrogen) atoms. The Kier molecular flexibility index (Phi) is 6.54. The van der Waals surface area contributed by atoms with Gasteiger partial charge in [0.1, 0.15) is 0 Å². The van der Waals surface area contributed by atoms with E-state index >= 15 is 0 Å². The number of benzene rings is 2. The molecular weight excluding hydrogens is 316 g/mol. The van der Waals surface area contributed by atoms with Crippen LogP contribution in [-0.2, 0) is 0 Å². The lowest BCUT2D eigenvalue weighted by Gasteiger charge is -2.17. The molecule has 1 amide bonds. The van der Waals surface area contributed by atoms with Gasteiger partial charge in [-0.05, 0) is 35.9 Å². The van der Waals surface area contributed by atoms with E-state index in [4.69, 9.17) is 5.11 Å². The lowest BCUT2D eigenvalue weighted by Crippen LogP contribution is -2.21. The summed E-state index contributed by atoms with van der Waals surface area (Å²) in [6, 6.07) is 15.1. The lowest BCUT2D eigenvalue weighted by molar-refractivity contribution is 0.0955. The predicted molar refractivity (Wildman–Crippen MR) is 103 cm³/mol. The van der Waals surface area contributed by atoms with Crippen LogP contribution in [0.5, 0.6) is 0 Å². The summed E-state index contributed by atoms with van der Waals surface area (Å²) in [7, 11) is 5.77. The van der Waals surface area contributed by atoms with Crippen LogP contribution in [0.15, 0.2) is 53.6 Å². The Labute approximate surface area is 148 Å².